The van der Waals surface area contributed by atoms with E-state index < -0.39 is 10.8 Å². The van der Waals surface area contributed by atoms with Crippen molar-refractivity contribution in [2.75, 3.05) is 13.1 Å². The van der Waals surface area contributed by atoms with Crippen LogP contribution in [0.25, 0.3) is 17.4 Å². The summed E-state index contributed by atoms with van der Waals surface area (Å²) in [4.78, 5) is 38.3. The average Bonchev–Trinajstić information content (AvgIpc) is 3.51. The predicted octanol–water partition coefficient (Wildman–Crippen LogP) is 4.25. The van der Waals surface area contributed by atoms with Gasteiger partial charge in [-0.1, -0.05) is 30.3 Å². The van der Waals surface area contributed by atoms with Crippen LogP contribution in [-0.4, -0.2) is 34.7 Å². The Hall–Kier alpha value is -4.20. The summed E-state index contributed by atoms with van der Waals surface area (Å²) in [6, 6.07) is 18.1. The van der Waals surface area contributed by atoms with Gasteiger partial charge in [0.1, 0.15) is 17.2 Å². The zero-order valence-electron chi connectivity index (χ0n) is 17.2. The first-order chi connectivity index (χ1) is 15.5. The molecule has 1 fully saturated rings. The second-order valence-electron chi connectivity index (χ2n) is 7.35. The molecule has 0 atom stereocenters. The summed E-state index contributed by atoms with van der Waals surface area (Å²) in [7, 11) is 0. The van der Waals surface area contributed by atoms with Crippen molar-refractivity contribution < 1.29 is 18.9 Å². The van der Waals surface area contributed by atoms with E-state index >= 15 is 0 Å². The van der Waals surface area contributed by atoms with Gasteiger partial charge in [-0.05, 0) is 43.2 Å². The Morgan fingerprint density at radius 1 is 0.969 bits per heavy atom. The summed E-state index contributed by atoms with van der Waals surface area (Å²) in [5.41, 5.74) is 0.762. The number of likely N-dealkylation sites (tertiary alicyclic amines) is 1. The van der Waals surface area contributed by atoms with Crippen molar-refractivity contribution in [1.82, 2.24) is 10.2 Å². The second kappa shape index (κ2) is 9.30. The lowest BCUT2D eigenvalue weighted by atomic mass is 10.1. The molecule has 0 unspecified atom stereocenters. The zero-order valence-corrected chi connectivity index (χ0v) is 17.2. The van der Waals surface area contributed by atoms with Gasteiger partial charge in [0, 0.05) is 30.8 Å². The summed E-state index contributed by atoms with van der Waals surface area (Å²) in [5, 5.41) is 14.0. The van der Waals surface area contributed by atoms with Crippen molar-refractivity contribution in [2.24, 2.45) is 0 Å². The fourth-order valence-electron chi connectivity index (χ4n) is 3.58. The number of nitro groups is 1. The van der Waals surface area contributed by atoms with Gasteiger partial charge in [-0.25, -0.2) is 0 Å². The number of rotatable bonds is 6. The number of carbonyl (C=O) groups is 2. The van der Waals surface area contributed by atoms with Gasteiger partial charge in [0.15, 0.2) is 0 Å². The molecular formula is C24H21N3O5. The van der Waals surface area contributed by atoms with E-state index in [1.54, 1.807) is 65.6 Å². The molecule has 162 valence electrons. The number of furan rings is 1. The monoisotopic (exact) mass is 431 g/mol. The molecule has 1 aliphatic rings. The van der Waals surface area contributed by atoms with Crippen molar-refractivity contribution >= 4 is 23.6 Å². The van der Waals surface area contributed by atoms with E-state index in [1.807, 2.05) is 0 Å². The van der Waals surface area contributed by atoms with E-state index in [9.17, 15) is 19.7 Å². The highest BCUT2D eigenvalue weighted by Crippen LogP contribution is 2.31. The highest BCUT2D eigenvalue weighted by Gasteiger charge is 2.24. The van der Waals surface area contributed by atoms with E-state index in [0.29, 0.717) is 35.7 Å². The molecule has 1 N–H and O–H groups in total. The molecule has 0 bridgehead atoms. The van der Waals surface area contributed by atoms with Crippen molar-refractivity contribution in [1.29, 1.82) is 0 Å². The van der Waals surface area contributed by atoms with Gasteiger partial charge in [0.2, 0.25) is 0 Å². The number of hydrogen-bond acceptors (Lipinski definition) is 5. The van der Waals surface area contributed by atoms with E-state index in [4.69, 9.17) is 4.42 Å². The molecule has 0 spiro atoms. The number of carbonyl (C=O) groups excluding carboxylic acids is 2. The lowest BCUT2D eigenvalue weighted by Crippen LogP contribution is -2.36. The van der Waals surface area contributed by atoms with Crippen LogP contribution in [0.15, 0.2) is 76.8 Å². The molecule has 1 saturated heterocycles. The van der Waals surface area contributed by atoms with Crippen LogP contribution in [0.3, 0.4) is 0 Å². The molecule has 0 aliphatic carbocycles. The number of amides is 2. The fraction of sp³-hybridized carbons (Fsp3) is 0.167. The van der Waals surface area contributed by atoms with E-state index in [0.717, 1.165) is 12.8 Å². The topological polar surface area (TPSA) is 106 Å². The van der Waals surface area contributed by atoms with Gasteiger partial charge in [-0.2, -0.15) is 0 Å². The smallest absolute Gasteiger partial charge is 0.280 e. The number of para-hydroxylation sites is 1. The maximum Gasteiger partial charge on any atom is 0.280 e. The first-order valence-corrected chi connectivity index (χ1v) is 10.2. The first kappa shape index (κ1) is 21.0. The number of nitrogens with zero attached hydrogens (tertiary/aromatic N) is 2. The minimum Gasteiger partial charge on any atom is -0.456 e. The predicted molar refractivity (Wildman–Crippen MR) is 118 cm³/mol. The van der Waals surface area contributed by atoms with E-state index in [2.05, 4.69) is 5.32 Å². The molecule has 2 heterocycles. The third-order valence-corrected chi connectivity index (χ3v) is 5.19. The molecule has 0 radical (unpaired) electrons. The number of nitrogens with one attached hydrogen (secondary N) is 1. The highest BCUT2D eigenvalue weighted by molar-refractivity contribution is 6.05. The second-order valence-corrected chi connectivity index (χ2v) is 7.35. The summed E-state index contributed by atoms with van der Waals surface area (Å²) in [6.45, 7) is 1.24. The van der Waals surface area contributed by atoms with Crippen molar-refractivity contribution in [3.63, 3.8) is 0 Å². The maximum atomic E-state index is 13.0. The van der Waals surface area contributed by atoms with Gasteiger partial charge in [0.05, 0.1) is 10.5 Å². The largest absolute Gasteiger partial charge is 0.456 e. The Kier molecular flexibility index (Phi) is 6.12. The van der Waals surface area contributed by atoms with Crippen LogP contribution >= 0.6 is 0 Å². The quantitative estimate of drug-likeness (QED) is 0.357. The molecule has 4 rings (SSSR count). The SMILES string of the molecule is O=C(N/C(=C\c1ccc(-c2ccccc2[N+](=O)[O-])o1)C(=O)N1CCCC1)c1ccccc1. The molecule has 2 amide bonds. The molecule has 32 heavy (non-hydrogen) atoms. The summed E-state index contributed by atoms with van der Waals surface area (Å²) >= 11 is 0. The van der Waals surface area contributed by atoms with Crippen LogP contribution < -0.4 is 5.32 Å². The Morgan fingerprint density at radius 2 is 1.66 bits per heavy atom. The molecule has 8 heteroatoms. The van der Waals surface area contributed by atoms with Gasteiger partial charge < -0.3 is 14.6 Å². The van der Waals surface area contributed by atoms with Crippen molar-refractivity contribution in [2.45, 2.75) is 12.8 Å². The minimum atomic E-state index is -0.476. The van der Waals surface area contributed by atoms with Crippen molar-refractivity contribution in [3.8, 4) is 11.3 Å². The molecule has 1 aromatic heterocycles. The zero-order chi connectivity index (χ0) is 22.5. The first-order valence-electron chi connectivity index (χ1n) is 10.2. The summed E-state index contributed by atoms with van der Waals surface area (Å²) in [5.74, 6) is -0.106. The number of hydrogen-bond donors (Lipinski definition) is 1. The Labute approximate surface area is 184 Å². The van der Waals surface area contributed by atoms with Crippen molar-refractivity contribution in [3.05, 3.63) is 93.9 Å². The van der Waals surface area contributed by atoms with Gasteiger partial charge in [-0.3, -0.25) is 19.7 Å². The van der Waals surface area contributed by atoms with Gasteiger partial charge in [0.25, 0.3) is 17.5 Å². The fourth-order valence-corrected chi connectivity index (χ4v) is 3.58. The third-order valence-electron chi connectivity index (χ3n) is 5.19. The lowest BCUT2D eigenvalue weighted by Gasteiger charge is -2.18. The Balaban J connectivity index is 1.65. The summed E-state index contributed by atoms with van der Waals surface area (Å²) < 4.78 is 5.79. The molecule has 8 nitrogen and oxygen atoms in total. The van der Waals surface area contributed by atoms with Crippen LogP contribution in [0.1, 0.15) is 29.0 Å². The Bertz CT molecular complexity index is 1180. The van der Waals surface area contributed by atoms with Crippen LogP contribution in [0, 0.1) is 10.1 Å². The Morgan fingerprint density at radius 3 is 2.38 bits per heavy atom. The van der Waals surface area contributed by atoms with E-state index in [1.165, 1.54) is 12.1 Å². The number of nitro benzene ring substituents is 1. The van der Waals surface area contributed by atoms with Gasteiger partial charge >= 0.3 is 0 Å². The lowest BCUT2D eigenvalue weighted by molar-refractivity contribution is -0.384. The maximum absolute atomic E-state index is 13.0. The molecule has 0 saturated carbocycles. The van der Waals surface area contributed by atoms with Crippen LogP contribution in [0.4, 0.5) is 5.69 Å². The van der Waals surface area contributed by atoms with Gasteiger partial charge in [-0.15, -0.1) is 0 Å². The van der Waals surface area contributed by atoms with Crippen LogP contribution in [-0.2, 0) is 4.79 Å². The standard InChI is InChI=1S/C24H21N3O5/c28-23(17-8-2-1-3-9-17)25-20(24(29)26-14-6-7-15-26)16-18-12-13-22(32-18)19-10-4-5-11-21(19)27(30)31/h1-5,8-13,16H,6-7,14-15H2,(H,25,28)/b20-16-. The van der Waals surface area contributed by atoms with E-state index in [-0.39, 0.29) is 17.3 Å². The summed E-state index contributed by atoms with van der Waals surface area (Å²) in [6.07, 6.45) is 3.28. The molecule has 1 aliphatic heterocycles. The van der Waals surface area contributed by atoms with Crippen LogP contribution in [0.2, 0.25) is 0 Å². The number of benzene rings is 2. The molecule has 2 aromatic carbocycles. The molecule has 3 aromatic rings. The molecular weight excluding hydrogens is 410 g/mol. The third kappa shape index (κ3) is 4.59. The normalized spacial score (nSPS) is 13.8. The van der Waals surface area contributed by atoms with Crippen LogP contribution in [0.5, 0.6) is 0 Å². The average molecular weight is 431 g/mol. The minimum absolute atomic E-state index is 0.0804. The highest BCUT2D eigenvalue weighted by atomic mass is 16.6.